The Morgan fingerprint density at radius 2 is 0.960 bits per heavy atom. The third kappa shape index (κ3) is 14.2. The number of alkyl halides is 1. The first-order valence-electron chi connectivity index (χ1n) is 14.1. The second kappa shape index (κ2) is 22.5. The third-order valence-electron chi connectivity index (χ3n) is 6.01. The first kappa shape index (κ1) is 42.9. The molecule has 3 atom stereocenters. The molecule has 3 unspecified atom stereocenters. The predicted molar refractivity (Wildman–Crippen MR) is 179 cm³/mol. The van der Waals surface area contributed by atoms with E-state index in [4.69, 9.17) is 25.8 Å². The maximum Gasteiger partial charge on any atom is 0.363 e. The predicted octanol–water partition coefficient (Wildman–Crippen LogP) is 3.03. The van der Waals surface area contributed by atoms with Crippen LogP contribution in [0.25, 0.3) is 0 Å². The second-order valence-corrected chi connectivity index (χ2v) is 12.0. The molecule has 18 heteroatoms. The van der Waals surface area contributed by atoms with Crippen LogP contribution in [-0.4, -0.2) is 93.8 Å². The van der Waals surface area contributed by atoms with E-state index in [0.717, 1.165) is 21.3 Å². The molecule has 0 fully saturated rings. The number of carboxylic acids is 1. The molecular weight excluding hydrogens is 701 g/mol. The number of rotatable bonds is 13. The molecule has 0 aliphatic heterocycles. The van der Waals surface area contributed by atoms with E-state index in [1.165, 1.54) is 14.2 Å². The lowest BCUT2D eigenvalue weighted by molar-refractivity contribution is -0.149. The zero-order valence-corrected chi connectivity index (χ0v) is 29.2. The Morgan fingerprint density at radius 3 is 1.28 bits per heavy atom. The van der Waals surface area contributed by atoms with Gasteiger partial charge in [0.2, 0.25) is 17.5 Å². The molecule has 3 aromatic carbocycles. The molecule has 4 N–H and O–H groups in total. The Hall–Kier alpha value is -5.12. The minimum atomic E-state index is -3.84. The number of benzene rings is 3. The van der Waals surface area contributed by atoms with Gasteiger partial charge in [-0.15, -0.1) is 0 Å². The van der Waals surface area contributed by atoms with Crippen molar-refractivity contribution in [1.29, 1.82) is 0 Å². The van der Waals surface area contributed by atoms with Crippen LogP contribution in [0.15, 0.2) is 91.0 Å². The van der Waals surface area contributed by atoms with Crippen molar-refractivity contribution < 1.29 is 61.7 Å². The van der Waals surface area contributed by atoms with Gasteiger partial charge in [0.05, 0.1) is 14.2 Å². The zero-order valence-electron chi connectivity index (χ0n) is 27.6. The van der Waals surface area contributed by atoms with Gasteiger partial charge in [-0.05, 0) is 36.4 Å². The number of hydrogen-bond acceptors (Lipinski definition) is 12. The monoisotopic (exact) mass is 737 g/mol. The number of aliphatic carboxylic acids is 1. The molecule has 0 radical (unpaired) electrons. The van der Waals surface area contributed by atoms with Gasteiger partial charge in [0, 0.05) is 38.0 Å². The van der Waals surface area contributed by atoms with E-state index in [9.17, 15) is 33.3 Å². The molecule has 50 heavy (non-hydrogen) atoms. The fourth-order valence-electron chi connectivity index (χ4n) is 3.42. The molecule has 0 saturated carbocycles. The number of methoxy groups -OCH3 is 3. The van der Waals surface area contributed by atoms with Crippen LogP contribution in [0.2, 0.25) is 0 Å². The highest BCUT2D eigenvalue weighted by Crippen LogP contribution is 2.50. The van der Waals surface area contributed by atoms with Gasteiger partial charge in [-0.2, -0.15) is 0 Å². The topological polar surface area (TPSA) is 222 Å². The Bertz CT molecular complexity index is 1590. The van der Waals surface area contributed by atoms with Crippen molar-refractivity contribution in [2.24, 2.45) is 0 Å². The minimum absolute atomic E-state index is 0.306. The molecule has 16 nitrogen and oxygen atoms in total. The highest BCUT2D eigenvalue weighted by Gasteiger charge is 2.42. The average molecular weight is 738 g/mol. The quantitative estimate of drug-likeness (QED) is 0.0652. The summed E-state index contributed by atoms with van der Waals surface area (Å²) in [5.41, 5.74) is -0.0317. The molecule has 0 bridgehead atoms. The van der Waals surface area contributed by atoms with Gasteiger partial charge < -0.3 is 44.3 Å². The minimum Gasteiger partial charge on any atom is -0.478 e. The van der Waals surface area contributed by atoms with Crippen LogP contribution < -0.4 is 16.0 Å². The smallest absolute Gasteiger partial charge is 0.363 e. The molecule has 0 aliphatic rings. The van der Waals surface area contributed by atoms with E-state index in [0.29, 0.717) is 16.7 Å². The number of ether oxygens (including phenoxy) is 3. The summed E-state index contributed by atoms with van der Waals surface area (Å²) in [6, 6.07) is 25.0. The van der Waals surface area contributed by atoms with Crippen molar-refractivity contribution in [2.45, 2.75) is 17.5 Å². The van der Waals surface area contributed by atoms with Crippen molar-refractivity contribution in [1.82, 2.24) is 16.0 Å². The van der Waals surface area contributed by atoms with Crippen LogP contribution in [-0.2, 0) is 42.2 Å². The summed E-state index contributed by atoms with van der Waals surface area (Å²) in [6.45, 7) is 0. The molecule has 0 aliphatic carbocycles. The normalized spacial score (nSPS) is 12.0. The summed E-state index contributed by atoms with van der Waals surface area (Å²) >= 11 is 5.57. The fraction of sp³-hybridized carbons (Fsp3) is 0.250. The first-order chi connectivity index (χ1) is 23.8. The van der Waals surface area contributed by atoms with E-state index >= 15 is 0 Å². The summed E-state index contributed by atoms with van der Waals surface area (Å²) in [4.78, 5) is 68.1. The van der Waals surface area contributed by atoms with Crippen molar-refractivity contribution in [3.63, 3.8) is 0 Å². The molecule has 3 amide bonds. The molecular formula is C32H37ClN3O13P. The van der Waals surface area contributed by atoms with Crippen molar-refractivity contribution in [3.8, 4) is 0 Å². The van der Waals surface area contributed by atoms with Crippen molar-refractivity contribution in [3.05, 3.63) is 108 Å². The maximum atomic E-state index is 12.3. The number of hydrogen-bond donors (Lipinski definition) is 4. The van der Waals surface area contributed by atoms with Crippen molar-refractivity contribution >= 4 is 54.8 Å². The highest BCUT2D eigenvalue weighted by molar-refractivity contribution is 7.55. The number of carbonyl (C=O) groups is 6. The van der Waals surface area contributed by atoms with E-state index in [2.05, 4.69) is 30.2 Å². The molecule has 270 valence electrons. The maximum absolute atomic E-state index is 12.3. The lowest BCUT2D eigenvalue weighted by Gasteiger charge is -2.23. The Morgan fingerprint density at radius 1 is 0.600 bits per heavy atom. The number of esters is 2. The Balaban J connectivity index is 0.000000381. The van der Waals surface area contributed by atoms with Gasteiger partial charge in [0.15, 0.2) is 0 Å². The standard InChI is InChI=1S/C12H16NO6P.C10H10ClNO3.C10H11NO4/c1-17-12(15)11(20(16,18-2)19-3)13-10(14)9-7-5-4-6-8-9;1-15-10(14)8(11)12-9(13)7-5-3-2-4-6-7;1-15-9(10(13)14)11-8(12)7-5-3-2-4-6-7/h4-8,11H,1-3H3,(H,13,14);2-6,8H,1H3,(H,12,13);2-6,9H,1H3,(H,11,12)(H,13,14). The van der Waals surface area contributed by atoms with Crippen molar-refractivity contribution in [2.75, 3.05) is 35.5 Å². The zero-order chi connectivity index (χ0) is 37.7. The second-order valence-electron chi connectivity index (χ2n) is 9.19. The van der Waals surface area contributed by atoms with E-state index in [1.807, 2.05) is 0 Å². The molecule has 0 saturated heterocycles. The highest BCUT2D eigenvalue weighted by atomic mass is 35.5. The molecule has 3 aromatic rings. The van der Waals surface area contributed by atoms with Crippen LogP contribution >= 0.6 is 19.2 Å². The SMILES string of the molecule is COC(=O)C(Cl)NC(=O)c1ccccc1.COC(=O)C(NC(=O)c1ccccc1)P(=O)(OC)OC.COC(NC(=O)c1ccccc1)C(=O)O. The molecule has 3 rings (SSSR count). The van der Waals surface area contributed by atoms with Gasteiger partial charge in [-0.3, -0.25) is 18.9 Å². The third-order valence-corrected chi connectivity index (χ3v) is 8.29. The Labute approximate surface area is 292 Å². The van der Waals surface area contributed by atoms with Gasteiger partial charge in [-0.25, -0.2) is 14.4 Å². The van der Waals surface area contributed by atoms with Crippen LogP contribution in [0.4, 0.5) is 0 Å². The fourth-order valence-corrected chi connectivity index (χ4v) is 4.82. The number of amides is 3. The summed E-state index contributed by atoms with van der Waals surface area (Å²) in [5.74, 6) is -5.86. The lowest BCUT2D eigenvalue weighted by atomic mass is 10.2. The number of carbonyl (C=O) groups excluding carboxylic acids is 5. The Kier molecular flexibility index (Phi) is 19.3. The summed E-state index contributed by atoms with van der Waals surface area (Å²) in [7, 11) is 1.92. The van der Waals surface area contributed by atoms with E-state index in [1.54, 1.807) is 91.0 Å². The van der Waals surface area contributed by atoms with Gasteiger partial charge in [-0.1, -0.05) is 66.2 Å². The summed E-state index contributed by atoms with van der Waals surface area (Å²) in [5, 5.41) is 15.4. The van der Waals surface area contributed by atoms with Gasteiger partial charge in [0.1, 0.15) is 0 Å². The van der Waals surface area contributed by atoms with Crippen LogP contribution in [0.3, 0.4) is 0 Å². The van der Waals surface area contributed by atoms with Crippen LogP contribution in [0, 0.1) is 0 Å². The number of carboxylic acid groups (broad SMARTS) is 1. The lowest BCUT2D eigenvalue weighted by Crippen LogP contribution is -2.42. The summed E-state index contributed by atoms with van der Waals surface area (Å²) < 4.78 is 35.2. The van der Waals surface area contributed by atoms with Gasteiger partial charge >= 0.3 is 25.5 Å². The van der Waals surface area contributed by atoms with Gasteiger partial charge in [0.25, 0.3) is 17.7 Å². The molecule has 0 aromatic heterocycles. The van der Waals surface area contributed by atoms with Crippen LogP contribution in [0.1, 0.15) is 31.1 Å². The largest absolute Gasteiger partial charge is 0.478 e. The first-order valence-corrected chi connectivity index (χ1v) is 16.2. The molecule has 0 spiro atoms. The van der Waals surface area contributed by atoms with E-state index < -0.39 is 60.7 Å². The molecule has 0 heterocycles. The van der Waals surface area contributed by atoms with E-state index in [-0.39, 0.29) is 0 Å². The number of nitrogens with one attached hydrogen (secondary N) is 3. The number of halogens is 1. The summed E-state index contributed by atoms with van der Waals surface area (Å²) in [6.07, 6.45) is -1.32. The average Bonchev–Trinajstić information content (AvgIpc) is 3.16. The van der Waals surface area contributed by atoms with Crippen LogP contribution in [0.5, 0.6) is 0 Å².